The summed E-state index contributed by atoms with van der Waals surface area (Å²) in [6, 6.07) is 5.67. The molecule has 1 aromatic rings. The van der Waals surface area contributed by atoms with Crippen molar-refractivity contribution < 1.29 is 59.6 Å². The van der Waals surface area contributed by atoms with Crippen LogP contribution >= 0.6 is 0 Å². The van der Waals surface area contributed by atoms with Crippen LogP contribution in [0.15, 0.2) is 18.2 Å². The molecule has 0 radical (unpaired) electrons. The lowest BCUT2D eigenvalue weighted by Gasteiger charge is -2.53. The van der Waals surface area contributed by atoms with Gasteiger partial charge in [-0.15, -0.1) is 0 Å². The number of aliphatic carboxylic acids is 1. The van der Waals surface area contributed by atoms with Crippen LogP contribution in [0, 0.1) is 29.1 Å². The van der Waals surface area contributed by atoms with Crippen LogP contribution in [0.1, 0.15) is 114 Å². The molecule has 4 nitrogen and oxygen atoms in total. The lowest BCUT2D eigenvalue weighted by molar-refractivity contribution is -0.396. The van der Waals surface area contributed by atoms with Crippen molar-refractivity contribution >= 4 is 5.97 Å². The van der Waals surface area contributed by atoms with Crippen molar-refractivity contribution in [2.75, 3.05) is 0 Å². The lowest BCUT2D eigenvalue weighted by atomic mass is 9.52. The molecule has 4 unspecified atom stereocenters. The summed E-state index contributed by atoms with van der Waals surface area (Å²) in [5.41, 5.74) is 2.40. The normalized spacial score (nSPS) is 28.8. The van der Waals surface area contributed by atoms with Gasteiger partial charge in [0.15, 0.2) is 0 Å². The summed E-state index contributed by atoms with van der Waals surface area (Å²) in [7, 11) is 0. The molecule has 0 aromatic heterocycles. The molecule has 0 spiro atoms. The van der Waals surface area contributed by atoms with Crippen molar-refractivity contribution in [2.24, 2.45) is 29.1 Å². The third-order valence-corrected chi connectivity index (χ3v) is 11.6. The Bertz CT molecular complexity index is 1240. The van der Waals surface area contributed by atoms with Crippen molar-refractivity contribution in [1.29, 1.82) is 0 Å². The van der Waals surface area contributed by atoms with E-state index >= 15 is 0 Å². The summed E-state index contributed by atoms with van der Waals surface area (Å²) in [6.45, 7) is 2.22. The van der Waals surface area contributed by atoms with E-state index in [-0.39, 0.29) is 30.1 Å². The number of phenolic OH excluding ortho intramolecular Hbond substituents is 1. The van der Waals surface area contributed by atoms with Gasteiger partial charge in [-0.25, -0.2) is 0 Å². The van der Waals surface area contributed by atoms with E-state index in [4.69, 9.17) is 0 Å². The number of aromatic hydroxyl groups is 1. The predicted octanol–water partition coefficient (Wildman–Crippen LogP) is 9.91. The van der Waals surface area contributed by atoms with E-state index in [1.165, 1.54) is 11.1 Å². The minimum Gasteiger partial charge on any atom is -0.508 e. The molecule has 3 aliphatic carbocycles. The second kappa shape index (κ2) is 14.0. The van der Waals surface area contributed by atoms with Crippen molar-refractivity contribution in [3.8, 4) is 5.75 Å². The van der Waals surface area contributed by atoms with E-state index in [2.05, 4.69) is 13.0 Å². The van der Waals surface area contributed by atoms with Gasteiger partial charge in [0.05, 0.1) is 12.0 Å². The fourth-order valence-electron chi connectivity index (χ4n) is 8.85. The number of fused-ring (bicyclic) bond motifs is 5. The summed E-state index contributed by atoms with van der Waals surface area (Å²) in [5.74, 6) is -20.8. The van der Waals surface area contributed by atoms with Crippen LogP contribution in [0.4, 0.5) is 39.5 Å². The third kappa shape index (κ3) is 7.39. The van der Waals surface area contributed by atoms with Crippen molar-refractivity contribution in [1.82, 2.24) is 0 Å². The summed E-state index contributed by atoms with van der Waals surface area (Å²) in [5, 5.41) is 30.3. The van der Waals surface area contributed by atoms with Gasteiger partial charge in [0.25, 0.3) is 0 Å². The fraction of sp³-hybridized carbons (Fsp3) is 0.794. The van der Waals surface area contributed by atoms with Gasteiger partial charge in [0.2, 0.25) is 0 Å². The lowest BCUT2D eigenvalue weighted by Crippen LogP contribution is -2.60. The summed E-state index contributed by atoms with van der Waals surface area (Å²) in [6.07, 6.45) is -0.984. The molecule has 0 aliphatic heterocycles. The van der Waals surface area contributed by atoms with Crippen molar-refractivity contribution in [2.45, 2.75) is 139 Å². The maximum atomic E-state index is 13.9. The van der Waals surface area contributed by atoms with Gasteiger partial charge < -0.3 is 15.3 Å². The minimum atomic E-state index is -6.98. The molecule has 0 saturated heterocycles. The Hall–Kier alpha value is -2.18. The molecule has 4 rings (SSSR count). The van der Waals surface area contributed by atoms with Gasteiger partial charge in [-0.05, 0) is 104 Å². The van der Waals surface area contributed by atoms with Crippen LogP contribution in [-0.2, 0) is 11.2 Å². The second-order valence-corrected chi connectivity index (χ2v) is 14.4. The minimum absolute atomic E-state index is 0.0907. The molecule has 0 bridgehead atoms. The molecule has 2 fully saturated rings. The highest BCUT2D eigenvalue weighted by atomic mass is 19.4. The van der Waals surface area contributed by atoms with Crippen LogP contribution in [0.3, 0.4) is 0 Å². The van der Waals surface area contributed by atoms with Gasteiger partial charge in [0, 0.05) is 6.42 Å². The Morgan fingerprint density at radius 1 is 0.894 bits per heavy atom. The van der Waals surface area contributed by atoms with E-state index < -0.39 is 48.7 Å². The summed E-state index contributed by atoms with van der Waals surface area (Å²) >= 11 is 0. The smallest absolute Gasteiger partial charge is 0.460 e. The number of unbranched alkanes of at least 4 members (excludes halogenated alkanes) is 5. The topological polar surface area (TPSA) is 77.8 Å². The fourth-order valence-corrected chi connectivity index (χ4v) is 8.85. The number of rotatable bonds is 15. The molecule has 47 heavy (non-hydrogen) atoms. The Kier molecular flexibility index (Phi) is 11.2. The molecular formula is C34H45F9O4. The zero-order valence-corrected chi connectivity index (χ0v) is 26.5. The Morgan fingerprint density at radius 3 is 2.17 bits per heavy atom. The van der Waals surface area contributed by atoms with E-state index in [9.17, 15) is 59.6 Å². The van der Waals surface area contributed by atoms with Crippen LogP contribution in [0.2, 0.25) is 0 Å². The maximum Gasteiger partial charge on any atom is 0.460 e. The number of carboxylic acids is 1. The highest BCUT2D eigenvalue weighted by Gasteiger charge is 2.81. The number of halogens is 9. The van der Waals surface area contributed by atoms with Gasteiger partial charge in [-0.2, -0.15) is 39.5 Å². The number of alkyl halides is 9. The Labute approximate surface area is 269 Å². The summed E-state index contributed by atoms with van der Waals surface area (Å²) in [4.78, 5) is 11.5. The first-order chi connectivity index (χ1) is 21.7. The molecule has 3 N–H and O–H groups in total. The monoisotopic (exact) mass is 688 g/mol. The number of hydrogen-bond donors (Lipinski definition) is 3. The number of phenols is 1. The number of aliphatic hydroxyl groups is 1. The number of benzene rings is 1. The zero-order valence-electron chi connectivity index (χ0n) is 26.5. The maximum absolute atomic E-state index is 13.9. The molecule has 3 aliphatic rings. The first-order valence-corrected chi connectivity index (χ1v) is 16.7. The van der Waals surface area contributed by atoms with Crippen molar-refractivity contribution in [3.05, 3.63) is 29.3 Å². The van der Waals surface area contributed by atoms with Crippen LogP contribution in [-0.4, -0.2) is 51.3 Å². The van der Waals surface area contributed by atoms with Gasteiger partial charge in [-0.1, -0.05) is 51.5 Å². The van der Waals surface area contributed by atoms with Crippen molar-refractivity contribution in [3.63, 3.8) is 0 Å². The molecule has 7 atom stereocenters. The number of carbonyl (C=O) groups is 1. The summed E-state index contributed by atoms with van der Waals surface area (Å²) < 4.78 is 118. The van der Waals surface area contributed by atoms with Gasteiger partial charge in [-0.3, -0.25) is 4.79 Å². The average molecular weight is 689 g/mol. The Balaban J connectivity index is 1.23. The van der Waals surface area contributed by atoms with E-state index in [1.807, 2.05) is 6.07 Å². The van der Waals surface area contributed by atoms with Crippen LogP contribution < -0.4 is 0 Å². The molecule has 268 valence electrons. The first kappa shape index (κ1) is 37.6. The second-order valence-electron chi connectivity index (χ2n) is 14.4. The molecule has 0 heterocycles. The van der Waals surface area contributed by atoms with Crippen LogP contribution in [0.5, 0.6) is 5.75 Å². The van der Waals surface area contributed by atoms with E-state index in [0.717, 1.165) is 57.8 Å². The Morgan fingerprint density at radius 2 is 1.53 bits per heavy atom. The standard InChI is InChI=1S/C34H45F9O4/c1-30-16-15-25-24-11-10-23(44)19-22(24)18-21(28(25)26(30)12-13-27(30)45)9-7-5-3-2-4-6-8-20(29(46)47)14-17-31(35,36)32(37,38)33(39,40)34(41,42)43/h10-11,19-21,25-28,44-45H,2-9,12-18H2,1H3,(H,46,47)/t20?,21-,25?,26?,27+,28?,30+/m1/s1. The van der Waals surface area contributed by atoms with Crippen LogP contribution in [0.25, 0.3) is 0 Å². The number of carboxylic acid groups (broad SMARTS) is 1. The molecule has 13 heteroatoms. The molecular weight excluding hydrogens is 643 g/mol. The average Bonchev–Trinajstić information content (AvgIpc) is 3.28. The quantitative estimate of drug-likeness (QED) is 0.127. The first-order valence-electron chi connectivity index (χ1n) is 16.7. The zero-order chi connectivity index (χ0) is 35.0. The van der Waals surface area contributed by atoms with E-state index in [1.54, 1.807) is 6.07 Å². The highest BCUT2D eigenvalue weighted by molar-refractivity contribution is 5.69. The molecule has 1 aromatic carbocycles. The number of hydrogen-bond acceptors (Lipinski definition) is 3. The molecule has 2 saturated carbocycles. The predicted molar refractivity (Wildman–Crippen MR) is 156 cm³/mol. The third-order valence-electron chi connectivity index (χ3n) is 11.6. The largest absolute Gasteiger partial charge is 0.508 e. The molecule has 0 amide bonds. The van der Waals surface area contributed by atoms with Gasteiger partial charge >= 0.3 is 29.9 Å². The highest BCUT2D eigenvalue weighted by Crippen LogP contribution is 2.63. The van der Waals surface area contributed by atoms with E-state index in [0.29, 0.717) is 36.5 Å². The number of aliphatic hydroxyl groups excluding tert-OH is 1. The SMILES string of the molecule is C[C@]12CCC3c4ccc(O)cc4C[C@@H](CCCCCCCCC(CCC(F)(F)C(F)(F)C(F)(F)C(F)(F)F)C(=O)O)C3C1CC[C@@H]2O. The van der Waals surface area contributed by atoms with Gasteiger partial charge in [0.1, 0.15) is 5.75 Å².